The molecule has 0 radical (unpaired) electrons. The van der Waals surface area contributed by atoms with Crippen LogP contribution in [0.1, 0.15) is 5.56 Å². The van der Waals surface area contributed by atoms with E-state index in [0.29, 0.717) is 10.8 Å². The number of benzene rings is 1. The summed E-state index contributed by atoms with van der Waals surface area (Å²) in [5.41, 5.74) is 1.07. The highest BCUT2D eigenvalue weighted by atomic mass is 35.5. The molecule has 0 aliphatic rings. The second-order valence-electron chi connectivity index (χ2n) is 3.15. The first-order valence-corrected chi connectivity index (χ1v) is 5.19. The third-order valence-electron chi connectivity index (χ3n) is 1.84. The predicted molar refractivity (Wildman–Crippen MR) is 62.8 cm³/mol. The largest absolute Gasteiger partial charge is 0.488 e. The standard InChI is InChI=1S/C12H13ClO3/c1-3-12(14)16-7-6-15-11-5-4-9(2)8-10(11)13/h3-5,8H,1,6-7H2,2H3. The normalized spacial score (nSPS) is 9.62. The Labute approximate surface area is 99.6 Å². The number of hydrogen-bond donors (Lipinski definition) is 0. The molecule has 0 saturated heterocycles. The average molecular weight is 241 g/mol. The molecule has 0 N–H and O–H groups in total. The Morgan fingerprint density at radius 3 is 2.88 bits per heavy atom. The number of halogens is 1. The lowest BCUT2D eigenvalue weighted by Crippen LogP contribution is -2.10. The van der Waals surface area contributed by atoms with Crippen LogP contribution in [0.3, 0.4) is 0 Å². The second kappa shape index (κ2) is 6.18. The van der Waals surface area contributed by atoms with Crippen molar-refractivity contribution in [3.8, 4) is 5.75 Å². The SMILES string of the molecule is C=CC(=O)OCCOc1ccc(C)cc1Cl. The lowest BCUT2D eigenvalue weighted by Gasteiger charge is -2.08. The molecule has 3 nitrogen and oxygen atoms in total. The highest BCUT2D eigenvalue weighted by molar-refractivity contribution is 6.32. The van der Waals surface area contributed by atoms with Crippen LogP contribution < -0.4 is 4.74 Å². The monoisotopic (exact) mass is 240 g/mol. The summed E-state index contributed by atoms with van der Waals surface area (Å²) < 4.78 is 10.1. The molecular formula is C12H13ClO3. The average Bonchev–Trinajstić information content (AvgIpc) is 2.26. The van der Waals surface area contributed by atoms with Gasteiger partial charge in [-0.1, -0.05) is 24.2 Å². The van der Waals surface area contributed by atoms with E-state index in [1.165, 1.54) is 0 Å². The molecule has 0 aliphatic heterocycles. The fourth-order valence-corrected chi connectivity index (χ4v) is 1.37. The van der Waals surface area contributed by atoms with Crippen LogP contribution >= 0.6 is 11.6 Å². The molecule has 0 aromatic heterocycles. The molecule has 0 aliphatic carbocycles. The van der Waals surface area contributed by atoms with Crippen molar-refractivity contribution in [2.45, 2.75) is 6.92 Å². The van der Waals surface area contributed by atoms with Gasteiger partial charge in [0.1, 0.15) is 19.0 Å². The van der Waals surface area contributed by atoms with Gasteiger partial charge >= 0.3 is 5.97 Å². The quantitative estimate of drug-likeness (QED) is 0.451. The number of rotatable bonds is 5. The Kier molecular flexibility index (Phi) is 4.86. The van der Waals surface area contributed by atoms with Crippen molar-refractivity contribution in [1.29, 1.82) is 0 Å². The fourth-order valence-electron chi connectivity index (χ4n) is 1.08. The zero-order chi connectivity index (χ0) is 12.0. The van der Waals surface area contributed by atoms with Crippen LogP contribution in [0.4, 0.5) is 0 Å². The second-order valence-corrected chi connectivity index (χ2v) is 3.56. The van der Waals surface area contributed by atoms with Crippen LogP contribution in [-0.4, -0.2) is 19.2 Å². The van der Waals surface area contributed by atoms with Gasteiger partial charge < -0.3 is 9.47 Å². The van der Waals surface area contributed by atoms with Crippen LogP contribution in [-0.2, 0) is 9.53 Å². The third-order valence-corrected chi connectivity index (χ3v) is 2.13. The maximum Gasteiger partial charge on any atom is 0.330 e. The molecule has 0 unspecified atom stereocenters. The lowest BCUT2D eigenvalue weighted by atomic mass is 10.2. The van der Waals surface area contributed by atoms with Crippen molar-refractivity contribution in [3.63, 3.8) is 0 Å². The summed E-state index contributed by atoms with van der Waals surface area (Å²) in [5, 5.41) is 0.551. The first-order chi connectivity index (χ1) is 7.63. The molecule has 0 spiro atoms. The molecule has 1 aromatic carbocycles. The summed E-state index contributed by atoms with van der Waals surface area (Å²) in [5.74, 6) is 0.125. The van der Waals surface area contributed by atoms with Crippen molar-refractivity contribution in [2.75, 3.05) is 13.2 Å². The van der Waals surface area contributed by atoms with Gasteiger partial charge in [0.05, 0.1) is 5.02 Å². The maximum atomic E-state index is 10.7. The predicted octanol–water partition coefficient (Wildman–Crippen LogP) is 2.76. The molecule has 0 amide bonds. The number of esters is 1. The molecular weight excluding hydrogens is 228 g/mol. The van der Waals surface area contributed by atoms with E-state index < -0.39 is 5.97 Å². The van der Waals surface area contributed by atoms with Crippen molar-refractivity contribution < 1.29 is 14.3 Å². The number of ether oxygens (including phenoxy) is 2. The summed E-state index contributed by atoms with van der Waals surface area (Å²) in [6.45, 7) is 5.67. The first-order valence-electron chi connectivity index (χ1n) is 4.81. The fraction of sp³-hybridized carbons (Fsp3) is 0.250. The van der Waals surface area contributed by atoms with Gasteiger partial charge in [-0.15, -0.1) is 0 Å². The van der Waals surface area contributed by atoms with Crippen LogP contribution in [0.2, 0.25) is 5.02 Å². The van der Waals surface area contributed by atoms with Crippen molar-refractivity contribution >= 4 is 17.6 Å². The van der Waals surface area contributed by atoms with Gasteiger partial charge in [0.2, 0.25) is 0 Å². The minimum absolute atomic E-state index is 0.176. The van der Waals surface area contributed by atoms with Crippen LogP contribution in [0.25, 0.3) is 0 Å². The molecule has 86 valence electrons. The van der Waals surface area contributed by atoms with Crippen molar-refractivity contribution in [1.82, 2.24) is 0 Å². The van der Waals surface area contributed by atoms with E-state index in [-0.39, 0.29) is 13.2 Å². The summed E-state index contributed by atoms with van der Waals surface area (Å²) in [7, 11) is 0. The van der Waals surface area contributed by atoms with Gasteiger partial charge in [-0.3, -0.25) is 0 Å². The molecule has 16 heavy (non-hydrogen) atoms. The van der Waals surface area contributed by atoms with E-state index in [4.69, 9.17) is 21.1 Å². The van der Waals surface area contributed by atoms with Gasteiger partial charge in [-0.05, 0) is 24.6 Å². The molecule has 1 aromatic rings. The zero-order valence-electron chi connectivity index (χ0n) is 9.03. The molecule has 0 bridgehead atoms. The van der Waals surface area contributed by atoms with Gasteiger partial charge in [-0.25, -0.2) is 4.79 Å². The number of carbonyl (C=O) groups excluding carboxylic acids is 1. The van der Waals surface area contributed by atoms with E-state index in [0.717, 1.165) is 11.6 Å². The molecule has 4 heteroatoms. The number of carbonyl (C=O) groups is 1. The maximum absolute atomic E-state index is 10.7. The van der Waals surface area contributed by atoms with Crippen LogP contribution in [0.15, 0.2) is 30.9 Å². The van der Waals surface area contributed by atoms with Gasteiger partial charge in [0.25, 0.3) is 0 Å². The Morgan fingerprint density at radius 2 is 2.25 bits per heavy atom. The Balaban J connectivity index is 2.37. The minimum atomic E-state index is -0.460. The van der Waals surface area contributed by atoms with E-state index >= 15 is 0 Å². The number of aryl methyl sites for hydroxylation is 1. The summed E-state index contributed by atoms with van der Waals surface area (Å²) in [6.07, 6.45) is 1.11. The highest BCUT2D eigenvalue weighted by Crippen LogP contribution is 2.24. The van der Waals surface area contributed by atoms with Crippen molar-refractivity contribution in [3.05, 3.63) is 41.4 Å². The van der Waals surface area contributed by atoms with E-state index in [9.17, 15) is 4.79 Å². The molecule has 0 saturated carbocycles. The Morgan fingerprint density at radius 1 is 1.50 bits per heavy atom. The molecule has 0 heterocycles. The zero-order valence-corrected chi connectivity index (χ0v) is 9.79. The summed E-state index contributed by atoms with van der Waals surface area (Å²) in [4.78, 5) is 10.7. The first kappa shape index (κ1) is 12.6. The molecule has 1 rings (SSSR count). The third kappa shape index (κ3) is 3.95. The minimum Gasteiger partial charge on any atom is -0.488 e. The Hall–Kier alpha value is -1.48. The van der Waals surface area contributed by atoms with E-state index in [1.54, 1.807) is 6.07 Å². The Bertz CT molecular complexity index is 388. The van der Waals surface area contributed by atoms with Gasteiger partial charge in [0, 0.05) is 6.08 Å². The van der Waals surface area contributed by atoms with E-state index in [2.05, 4.69) is 6.58 Å². The topological polar surface area (TPSA) is 35.5 Å². The lowest BCUT2D eigenvalue weighted by molar-refractivity contribution is -0.138. The molecule has 0 fully saturated rings. The molecule has 0 atom stereocenters. The summed E-state index contributed by atoms with van der Waals surface area (Å²) >= 11 is 5.95. The summed E-state index contributed by atoms with van der Waals surface area (Å²) in [6, 6.07) is 5.50. The van der Waals surface area contributed by atoms with Crippen LogP contribution in [0.5, 0.6) is 5.75 Å². The van der Waals surface area contributed by atoms with Crippen molar-refractivity contribution in [2.24, 2.45) is 0 Å². The van der Waals surface area contributed by atoms with Crippen LogP contribution in [0, 0.1) is 6.92 Å². The van der Waals surface area contributed by atoms with E-state index in [1.807, 2.05) is 19.1 Å². The smallest absolute Gasteiger partial charge is 0.330 e. The number of hydrogen-bond acceptors (Lipinski definition) is 3. The van der Waals surface area contributed by atoms with Gasteiger partial charge in [0.15, 0.2) is 0 Å². The van der Waals surface area contributed by atoms with Gasteiger partial charge in [-0.2, -0.15) is 0 Å². The highest BCUT2D eigenvalue weighted by Gasteiger charge is 2.01.